The van der Waals surface area contributed by atoms with Crippen molar-refractivity contribution in [3.8, 4) is 22.6 Å². The molecule has 0 saturated heterocycles. The molecule has 1 aromatic carbocycles. The van der Waals surface area contributed by atoms with E-state index in [-0.39, 0.29) is 0 Å². The summed E-state index contributed by atoms with van der Waals surface area (Å²) < 4.78 is 2.89. The number of rotatable bonds is 2. The molecule has 0 aliphatic rings. The van der Waals surface area contributed by atoms with Crippen molar-refractivity contribution in [2.45, 2.75) is 0 Å². The van der Waals surface area contributed by atoms with E-state index in [1.54, 1.807) is 6.20 Å². The Bertz CT molecular complexity index is 728. The Hall–Kier alpha value is -2.08. The molecule has 0 fully saturated rings. The fourth-order valence-corrected chi connectivity index (χ4v) is 2.54. The van der Waals surface area contributed by atoms with Gasteiger partial charge in [0.25, 0.3) is 0 Å². The second-order valence-corrected chi connectivity index (χ2v) is 5.05. The number of halogens is 1. The zero-order valence-electron chi connectivity index (χ0n) is 10.3. The van der Waals surface area contributed by atoms with Gasteiger partial charge in [0.15, 0.2) is 11.6 Å². The van der Waals surface area contributed by atoms with E-state index in [1.807, 2.05) is 42.1 Å². The summed E-state index contributed by atoms with van der Waals surface area (Å²) in [5.41, 5.74) is 8.67. The molecule has 2 aromatic heterocycles. The molecular weight excluding hydrogens is 306 g/mol. The van der Waals surface area contributed by atoms with Gasteiger partial charge in [-0.2, -0.15) is 5.10 Å². The zero-order valence-corrected chi connectivity index (χ0v) is 11.8. The Labute approximate surface area is 118 Å². The molecule has 0 amide bonds. The van der Waals surface area contributed by atoms with Gasteiger partial charge in [0.2, 0.25) is 0 Å². The quantitative estimate of drug-likeness (QED) is 0.763. The number of aryl methyl sites for hydroxylation is 1. The fraction of sp³-hybridized carbons (Fsp3) is 0.0769. The predicted molar refractivity (Wildman–Crippen MR) is 78.3 cm³/mol. The van der Waals surface area contributed by atoms with Crippen LogP contribution in [0.25, 0.3) is 22.6 Å². The van der Waals surface area contributed by atoms with Gasteiger partial charge in [-0.3, -0.25) is 5.10 Å². The van der Waals surface area contributed by atoms with Crippen molar-refractivity contribution in [1.29, 1.82) is 0 Å². The van der Waals surface area contributed by atoms with Gasteiger partial charge in [-0.05, 0) is 6.07 Å². The minimum atomic E-state index is 0.463. The lowest BCUT2D eigenvalue weighted by Gasteiger charge is -2.06. The lowest BCUT2D eigenvalue weighted by atomic mass is 10.1. The smallest absolute Gasteiger partial charge is 0.158 e. The molecule has 3 aromatic rings. The van der Waals surface area contributed by atoms with Gasteiger partial charge >= 0.3 is 0 Å². The first-order valence-electron chi connectivity index (χ1n) is 5.75. The molecule has 0 atom stereocenters. The first-order chi connectivity index (χ1) is 9.18. The minimum Gasteiger partial charge on any atom is -0.382 e. The van der Waals surface area contributed by atoms with E-state index in [0.717, 1.165) is 27.1 Å². The molecule has 0 radical (unpaired) electrons. The van der Waals surface area contributed by atoms with Crippen LogP contribution < -0.4 is 5.73 Å². The highest BCUT2D eigenvalue weighted by molar-refractivity contribution is 9.10. The van der Waals surface area contributed by atoms with Gasteiger partial charge in [-0.25, -0.2) is 4.98 Å². The number of hydrogen-bond donors (Lipinski definition) is 2. The number of nitrogens with zero attached hydrogens (tertiary/aromatic N) is 3. The van der Waals surface area contributed by atoms with Crippen molar-refractivity contribution < 1.29 is 0 Å². The average molecular weight is 318 g/mol. The first-order valence-corrected chi connectivity index (χ1v) is 6.54. The van der Waals surface area contributed by atoms with Crippen LogP contribution in [0.4, 0.5) is 5.82 Å². The van der Waals surface area contributed by atoms with Gasteiger partial charge in [-0.15, -0.1) is 0 Å². The Balaban J connectivity index is 2.26. The molecule has 0 spiro atoms. The topological polar surface area (TPSA) is 72.5 Å². The maximum absolute atomic E-state index is 6.00. The summed E-state index contributed by atoms with van der Waals surface area (Å²) in [4.78, 5) is 4.34. The summed E-state index contributed by atoms with van der Waals surface area (Å²) in [5, 5.41) is 7.07. The maximum Gasteiger partial charge on any atom is 0.158 e. The summed E-state index contributed by atoms with van der Waals surface area (Å²) in [7, 11) is 1.93. The third kappa shape index (κ3) is 1.94. The summed E-state index contributed by atoms with van der Waals surface area (Å²) in [6, 6.07) is 7.90. The summed E-state index contributed by atoms with van der Waals surface area (Å²) >= 11 is 3.54. The summed E-state index contributed by atoms with van der Waals surface area (Å²) in [5.74, 6) is 1.26. The van der Waals surface area contributed by atoms with Crippen LogP contribution in [0.1, 0.15) is 0 Å². The Morgan fingerprint density at radius 1 is 1.32 bits per heavy atom. The Morgan fingerprint density at radius 2 is 2.11 bits per heavy atom. The number of hydrogen-bond acceptors (Lipinski definition) is 3. The van der Waals surface area contributed by atoms with Crippen LogP contribution in [-0.2, 0) is 7.05 Å². The molecule has 0 saturated carbocycles. The normalized spacial score (nSPS) is 10.8. The highest BCUT2D eigenvalue weighted by Gasteiger charge is 2.19. The molecule has 0 bridgehead atoms. The largest absolute Gasteiger partial charge is 0.382 e. The van der Waals surface area contributed by atoms with E-state index in [0.29, 0.717) is 5.82 Å². The van der Waals surface area contributed by atoms with Crippen LogP contribution >= 0.6 is 15.9 Å². The third-order valence-corrected chi connectivity index (χ3v) is 3.67. The number of imidazole rings is 1. The van der Waals surface area contributed by atoms with Crippen LogP contribution in [-0.4, -0.2) is 19.7 Å². The van der Waals surface area contributed by atoms with Crippen LogP contribution in [0, 0.1) is 0 Å². The van der Waals surface area contributed by atoms with Crippen LogP contribution in [0.15, 0.2) is 41.1 Å². The highest BCUT2D eigenvalue weighted by Crippen LogP contribution is 2.37. The van der Waals surface area contributed by atoms with Crippen molar-refractivity contribution in [3.05, 3.63) is 41.1 Å². The highest BCUT2D eigenvalue weighted by atomic mass is 79.9. The summed E-state index contributed by atoms with van der Waals surface area (Å²) in [6.07, 6.45) is 3.63. The van der Waals surface area contributed by atoms with Crippen LogP contribution in [0.2, 0.25) is 0 Å². The zero-order chi connectivity index (χ0) is 13.4. The molecule has 3 N–H and O–H groups in total. The molecule has 0 aliphatic carbocycles. The number of aromatic nitrogens is 4. The Kier molecular flexibility index (Phi) is 2.87. The Morgan fingerprint density at radius 3 is 2.79 bits per heavy atom. The van der Waals surface area contributed by atoms with Gasteiger partial charge in [0.1, 0.15) is 5.69 Å². The molecule has 3 rings (SSSR count). The van der Waals surface area contributed by atoms with Gasteiger partial charge in [0.05, 0.1) is 5.56 Å². The number of aromatic amines is 1. The van der Waals surface area contributed by atoms with E-state index in [2.05, 4.69) is 31.1 Å². The van der Waals surface area contributed by atoms with E-state index in [1.165, 1.54) is 0 Å². The second kappa shape index (κ2) is 4.55. The third-order valence-electron chi connectivity index (χ3n) is 2.98. The van der Waals surface area contributed by atoms with Gasteiger partial charge < -0.3 is 10.3 Å². The molecule has 0 unspecified atom stereocenters. The molecular formula is C13H12BrN5. The fourth-order valence-electron chi connectivity index (χ4n) is 2.06. The standard InChI is InChI=1S/C13H12BrN5/c1-19-7-6-16-13(19)11-10(12(15)18-17-11)8-4-2-3-5-9(8)14/h2-7H,1H3,(H3,15,17,18). The number of H-pyrrole nitrogens is 1. The first kappa shape index (κ1) is 12.0. The lowest BCUT2D eigenvalue weighted by Crippen LogP contribution is -1.94. The van der Waals surface area contributed by atoms with Crippen molar-refractivity contribution >= 4 is 21.7 Å². The SMILES string of the molecule is Cn1ccnc1-c1[nH]nc(N)c1-c1ccccc1Br. The molecule has 96 valence electrons. The number of benzene rings is 1. The molecule has 0 aliphatic heterocycles. The number of nitrogens with two attached hydrogens (primary N) is 1. The van der Waals surface area contributed by atoms with Crippen molar-refractivity contribution in [3.63, 3.8) is 0 Å². The summed E-state index contributed by atoms with van der Waals surface area (Å²) in [6.45, 7) is 0. The van der Waals surface area contributed by atoms with Crippen molar-refractivity contribution in [2.75, 3.05) is 5.73 Å². The second-order valence-electron chi connectivity index (χ2n) is 4.20. The maximum atomic E-state index is 6.00. The predicted octanol–water partition coefficient (Wildman–Crippen LogP) is 2.82. The van der Waals surface area contributed by atoms with Gasteiger partial charge in [0, 0.05) is 29.5 Å². The van der Waals surface area contributed by atoms with Gasteiger partial charge in [-0.1, -0.05) is 34.1 Å². The number of nitrogen functional groups attached to an aromatic ring is 1. The van der Waals surface area contributed by atoms with Crippen molar-refractivity contribution in [2.24, 2.45) is 7.05 Å². The monoisotopic (exact) mass is 317 g/mol. The van der Waals surface area contributed by atoms with E-state index < -0.39 is 0 Å². The molecule has 19 heavy (non-hydrogen) atoms. The average Bonchev–Trinajstić information content (AvgIpc) is 2.96. The molecule has 5 nitrogen and oxygen atoms in total. The number of anilines is 1. The lowest BCUT2D eigenvalue weighted by molar-refractivity contribution is 0.914. The van der Waals surface area contributed by atoms with E-state index in [4.69, 9.17) is 5.73 Å². The van der Waals surface area contributed by atoms with Crippen LogP contribution in [0.5, 0.6) is 0 Å². The van der Waals surface area contributed by atoms with E-state index in [9.17, 15) is 0 Å². The molecule has 2 heterocycles. The van der Waals surface area contributed by atoms with E-state index >= 15 is 0 Å². The molecule has 6 heteroatoms. The van der Waals surface area contributed by atoms with Crippen LogP contribution in [0.3, 0.4) is 0 Å². The minimum absolute atomic E-state index is 0.463. The van der Waals surface area contributed by atoms with Crippen molar-refractivity contribution in [1.82, 2.24) is 19.7 Å². The number of nitrogens with one attached hydrogen (secondary N) is 1.